The number of aromatic nitrogens is 2. The zero-order valence-electron chi connectivity index (χ0n) is 17.7. The second-order valence-electron chi connectivity index (χ2n) is 8.29. The fraction of sp³-hybridized carbons (Fsp3) is 0.364. The lowest BCUT2D eigenvalue weighted by molar-refractivity contribution is 0.214. The molecule has 1 heterocycles. The van der Waals surface area contributed by atoms with E-state index in [-0.39, 0.29) is 12.4 Å². The molecular formula is C22H27N3O3S. The minimum atomic E-state index is -3.78. The molecule has 0 fully saturated rings. The predicted molar refractivity (Wildman–Crippen MR) is 113 cm³/mol. The van der Waals surface area contributed by atoms with Crippen LogP contribution in [0.3, 0.4) is 0 Å². The summed E-state index contributed by atoms with van der Waals surface area (Å²) in [4.78, 5) is 4.75. The Morgan fingerprint density at radius 2 is 1.59 bits per heavy atom. The van der Waals surface area contributed by atoms with E-state index < -0.39 is 15.6 Å². The quantitative estimate of drug-likeness (QED) is 0.608. The maximum Gasteiger partial charge on any atom is 0.244 e. The Kier molecular flexibility index (Phi) is 5.65. The van der Waals surface area contributed by atoms with Gasteiger partial charge in [-0.3, -0.25) is 0 Å². The van der Waals surface area contributed by atoms with Crippen molar-refractivity contribution in [3.8, 4) is 11.4 Å². The second kappa shape index (κ2) is 7.72. The van der Waals surface area contributed by atoms with Crippen molar-refractivity contribution >= 4 is 10.0 Å². The molecule has 0 aliphatic carbocycles. The first-order chi connectivity index (χ1) is 13.5. The highest BCUT2D eigenvalue weighted by atomic mass is 32.2. The van der Waals surface area contributed by atoms with Crippen LogP contribution in [0, 0.1) is 20.8 Å². The van der Waals surface area contributed by atoms with Gasteiger partial charge in [0, 0.05) is 11.1 Å². The molecule has 0 radical (unpaired) electrons. The third-order valence-corrected chi connectivity index (χ3v) is 7.10. The first-order valence-corrected chi connectivity index (χ1v) is 10.9. The Morgan fingerprint density at radius 1 is 1.00 bits per heavy atom. The highest BCUT2D eigenvalue weighted by molar-refractivity contribution is 7.89. The van der Waals surface area contributed by atoms with E-state index in [2.05, 4.69) is 10.1 Å². The third kappa shape index (κ3) is 4.41. The SMILES string of the molecule is Cc1cc(C)c(S(=O)(=O)N(Cc2nc(-c3ccccc3)no2)C(C)(C)C)c(C)c1. The van der Waals surface area contributed by atoms with Crippen molar-refractivity contribution in [3.63, 3.8) is 0 Å². The summed E-state index contributed by atoms with van der Waals surface area (Å²) in [6.07, 6.45) is 0. The molecule has 0 atom stereocenters. The van der Waals surface area contributed by atoms with Crippen LogP contribution in [0.25, 0.3) is 11.4 Å². The molecule has 2 aromatic carbocycles. The molecule has 0 N–H and O–H groups in total. The average Bonchev–Trinajstić information content (AvgIpc) is 3.07. The molecule has 3 rings (SSSR count). The van der Waals surface area contributed by atoms with Gasteiger partial charge in [-0.1, -0.05) is 53.2 Å². The summed E-state index contributed by atoms with van der Waals surface area (Å²) < 4.78 is 34.1. The minimum absolute atomic E-state index is 0.00156. The van der Waals surface area contributed by atoms with Crippen molar-refractivity contribution in [2.24, 2.45) is 0 Å². The molecule has 0 saturated carbocycles. The first-order valence-electron chi connectivity index (χ1n) is 9.49. The number of aryl methyl sites for hydroxylation is 3. The van der Waals surface area contributed by atoms with Crippen LogP contribution in [0.15, 0.2) is 51.9 Å². The Morgan fingerprint density at radius 3 is 2.14 bits per heavy atom. The smallest absolute Gasteiger partial charge is 0.244 e. The summed E-state index contributed by atoms with van der Waals surface area (Å²) in [5, 5.41) is 4.02. The van der Waals surface area contributed by atoms with Crippen LogP contribution in [0.4, 0.5) is 0 Å². The number of hydrogen-bond donors (Lipinski definition) is 0. The average molecular weight is 414 g/mol. The molecule has 29 heavy (non-hydrogen) atoms. The van der Waals surface area contributed by atoms with Crippen molar-refractivity contribution in [2.75, 3.05) is 0 Å². The van der Waals surface area contributed by atoms with Crippen molar-refractivity contribution in [1.29, 1.82) is 0 Å². The summed E-state index contributed by atoms with van der Waals surface area (Å²) >= 11 is 0. The monoisotopic (exact) mass is 413 g/mol. The van der Waals surface area contributed by atoms with E-state index in [1.807, 2.05) is 84.0 Å². The Labute approximate surface area is 172 Å². The van der Waals surface area contributed by atoms with Crippen LogP contribution < -0.4 is 0 Å². The van der Waals surface area contributed by atoms with Crippen LogP contribution >= 0.6 is 0 Å². The lowest BCUT2D eigenvalue weighted by atomic mass is 10.1. The standard InChI is InChI=1S/C22H27N3O3S/c1-15-12-16(2)20(17(3)13-15)29(26,27)25(22(4,5)6)14-19-23-21(24-28-19)18-10-8-7-9-11-18/h7-13H,14H2,1-6H3. The van der Waals surface area contributed by atoms with Gasteiger partial charge in [-0.25, -0.2) is 8.42 Å². The van der Waals surface area contributed by atoms with Gasteiger partial charge in [0.1, 0.15) is 0 Å². The molecular weight excluding hydrogens is 386 g/mol. The van der Waals surface area contributed by atoms with E-state index in [0.717, 1.165) is 22.3 Å². The molecule has 0 spiro atoms. The molecule has 0 saturated heterocycles. The van der Waals surface area contributed by atoms with Gasteiger partial charge in [0.05, 0.1) is 11.4 Å². The second-order valence-corrected chi connectivity index (χ2v) is 10.1. The predicted octanol–water partition coefficient (Wildman–Crippen LogP) is 4.65. The van der Waals surface area contributed by atoms with Crippen LogP contribution in [0.1, 0.15) is 43.4 Å². The summed E-state index contributed by atoms with van der Waals surface area (Å²) in [5.74, 6) is 0.694. The molecule has 0 unspecified atom stereocenters. The number of rotatable bonds is 5. The van der Waals surface area contributed by atoms with Crippen LogP contribution in [0.5, 0.6) is 0 Å². The number of nitrogens with zero attached hydrogens (tertiary/aromatic N) is 3. The zero-order chi connectivity index (χ0) is 21.4. The molecule has 154 valence electrons. The van der Waals surface area contributed by atoms with Crippen molar-refractivity contribution in [3.05, 3.63) is 65.0 Å². The molecule has 1 aromatic heterocycles. The summed E-state index contributed by atoms with van der Waals surface area (Å²) in [6, 6.07) is 13.2. The summed E-state index contributed by atoms with van der Waals surface area (Å²) in [6.45, 7) is 11.2. The normalized spacial score (nSPS) is 12.5. The third-order valence-electron chi connectivity index (χ3n) is 4.68. The van der Waals surface area contributed by atoms with Crippen LogP contribution in [-0.4, -0.2) is 28.4 Å². The van der Waals surface area contributed by atoms with Crippen molar-refractivity contribution in [2.45, 2.75) is 58.5 Å². The topological polar surface area (TPSA) is 76.3 Å². The van der Waals surface area contributed by atoms with E-state index >= 15 is 0 Å². The molecule has 0 amide bonds. The highest BCUT2D eigenvalue weighted by Crippen LogP contribution is 2.31. The van der Waals surface area contributed by atoms with E-state index in [1.165, 1.54) is 4.31 Å². The molecule has 7 heteroatoms. The summed E-state index contributed by atoms with van der Waals surface area (Å²) in [5.41, 5.74) is 2.63. The van der Waals surface area contributed by atoms with E-state index in [0.29, 0.717) is 10.7 Å². The van der Waals surface area contributed by atoms with Gasteiger partial charge in [0.2, 0.25) is 21.7 Å². The van der Waals surface area contributed by atoms with Gasteiger partial charge in [0.25, 0.3) is 0 Å². The fourth-order valence-corrected chi connectivity index (χ4v) is 5.67. The molecule has 0 aliphatic heterocycles. The lowest BCUT2D eigenvalue weighted by Crippen LogP contribution is -2.45. The van der Waals surface area contributed by atoms with Gasteiger partial charge in [-0.2, -0.15) is 9.29 Å². The maximum absolute atomic E-state index is 13.6. The van der Waals surface area contributed by atoms with Crippen LogP contribution in [-0.2, 0) is 16.6 Å². The Hall–Kier alpha value is -2.51. The zero-order valence-corrected chi connectivity index (χ0v) is 18.5. The lowest BCUT2D eigenvalue weighted by Gasteiger charge is -2.34. The summed E-state index contributed by atoms with van der Waals surface area (Å²) in [7, 11) is -3.78. The largest absolute Gasteiger partial charge is 0.338 e. The molecule has 6 nitrogen and oxygen atoms in total. The number of hydrogen-bond acceptors (Lipinski definition) is 5. The van der Waals surface area contributed by atoms with Crippen LogP contribution in [0.2, 0.25) is 0 Å². The van der Waals surface area contributed by atoms with Gasteiger partial charge in [0.15, 0.2) is 0 Å². The van der Waals surface area contributed by atoms with E-state index in [1.54, 1.807) is 0 Å². The van der Waals surface area contributed by atoms with Gasteiger partial charge in [-0.15, -0.1) is 0 Å². The highest BCUT2D eigenvalue weighted by Gasteiger charge is 2.37. The van der Waals surface area contributed by atoms with Gasteiger partial charge < -0.3 is 4.52 Å². The first kappa shape index (κ1) is 21.2. The van der Waals surface area contributed by atoms with E-state index in [9.17, 15) is 8.42 Å². The number of sulfonamides is 1. The molecule has 0 aliphatic rings. The Bertz CT molecular complexity index is 1090. The number of benzene rings is 2. The van der Waals surface area contributed by atoms with E-state index in [4.69, 9.17) is 4.52 Å². The molecule has 3 aromatic rings. The van der Waals surface area contributed by atoms with Crippen molar-refractivity contribution < 1.29 is 12.9 Å². The Balaban J connectivity index is 2.01. The minimum Gasteiger partial charge on any atom is -0.338 e. The molecule has 0 bridgehead atoms. The van der Waals surface area contributed by atoms with Gasteiger partial charge in [-0.05, 0) is 52.7 Å². The maximum atomic E-state index is 13.6. The fourth-order valence-electron chi connectivity index (χ4n) is 3.51. The van der Waals surface area contributed by atoms with Gasteiger partial charge >= 0.3 is 0 Å². The van der Waals surface area contributed by atoms with Crippen molar-refractivity contribution in [1.82, 2.24) is 14.4 Å².